The number of nitrogens with zero attached hydrogens (tertiary/aromatic N) is 3. The first-order valence-corrected chi connectivity index (χ1v) is 7.59. The van der Waals surface area contributed by atoms with Crippen LogP contribution < -0.4 is 5.73 Å². The Bertz CT molecular complexity index is 847. The van der Waals surface area contributed by atoms with Gasteiger partial charge in [0.1, 0.15) is 22.5 Å². The molecule has 2 N–H and O–H groups in total. The molecule has 0 unspecified atom stereocenters. The summed E-state index contributed by atoms with van der Waals surface area (Å²) in [5, 5.41) is 14.5. The van der Waals surface area contributed by atoms with Crippen LogP contribution >= 0.6 is 11.8 Å². The second-order valence-electron chi connectivity index (χ2n) is 4.84. The van der Waals surface area contributed by atoms with Crippen LogP contribution in [0.15, 0.2) is 64.5 Å². The minimum atomic E-state index is 0.365. The Labute approximate surface area is 133 Å². The molecule has 0 saturated carbocycles. The van der Waals surface area contributed by atoms with Gasteiger partial charge in [-0.05, 0) is 31.2 Å². The van der Waals surface area contributed by atoms with Crippen LogP contribution in [0.2, 0.25) is 0 Å². The number of anilines is 1. The van der Waals surface area contributed by atoms with Gasteiger partial charge in [-0.3, -0.25) is 0 Å². The molecule has 0 aliphatic carbocycles. The summed E-state index contributed by atoms with van der Waals surface area (Å²) >= 11 is 1.45. The van der Waals surface area contributed by atoms with Crippen LogP contribution in [0.25, 0.3) is 5.69 Å². The number of para-hydroxylation sites is 1. The fourth-order valence-electron chi connectivity index (χ4n) is 2.14. The number of nitriles is 1. The SMILES string of the molecule is Cc1cccc(Sc2nn(-c3ccccc3)c(N)c2C#N)c1. The molecule has 5 heteroatoms. The predicted molar refractivity (Wildman–Crippen MR) is 88.0 cm³/mol. The number of hydrogen-bond acceptors (Lipinski definition) is 4. The van der Waals surface area contributed by atoms with Crippen LogP contribution in [0.4, 0.5) is 5.82 Å². The van der Waals surface area contributed by atoms with Gasteiger partial charge in [-0.2, -0.15) is 10.4 Å². The Hall–Kier alpha value is -2.71. The molecular weight excluding hydrogens is 292 g/mol. The summed E-state index contributed by atoms with van der Waals surface area (Å²) in [4.78, 5) is 1.04. The summed E-state index contributed by atoms with van der Waals surface area (Å²) in [6.07, 6.45) is 0. The zero-order valence-electron chi connectivity index (χ0n) is 12.0. The molecule has 1 aromatic heterocycles. The Kier molecular flexibility index (Phi) is 3.86. The zero-order chi connectivity index (χ0) is 15.5. The van der Waals surface area contributed by atoms with Crippen LogP contribution in [-0.4, -0.2) is 9.78 Å². The molecule has 0 aliphatic rings. The monoisotopic (exact) mass is 306 g/mol. The fraction of sp³-hybridized carbons (Fsp3) is 0.0588. The van der Waals surface area contributed by atoms with Crippen LogP contribution in [-0.2, 0) is 0 Å². The number of aryl methyl sites for hydroxylation is 1. The van der Waals surface area contributed by atoms with Gasteiger partial charge in [-0.1, -0.05) is 47.7 Å². The largest absolute Gasteiger partial charge is 0.382 e. The van der Waals surface area contributed by atoms with Crippen molar-refractivity contribution in [3.8, 4) is 11.8 Å². The van der Waals surface area contributed by atoms with E-state index in [9.17, 15) is 5.26 Å². The molecule has 3 rings (SSSR count). The first-order valence-electron chi connectivity index (χ1n) is 6.77. The molecule has 2 aromatic carbocycles. The standard InChI is InChI=1S/C17H14N4S/c1-12-6-5-9-14(10-12)22-17-15(11-18)16(19)21(20-17)13-7-3-2-4-8-13/h2-10H,19H2,1H3. The lowest BCUT2D eigenvalue weighted by molar-refractivity contribution is 0.845. The van der Waals surface area contributed by atoms with Crippen LogP contribution in [0.5, 0.6) is 0 Å². The zero-order valence-corrected chi connectivity index (χ0v) is 12.8. The summed E-state index contributed by atoms with van der Waals surface area (Å²) in [6.45, 7) is 2.03. The van der Waals surface area contributed by atoms with E-state index in [0.717, 1.165) is 10.6 Å². The number of rotatable bonds is 3. The van der Waals surface area contributed by atoms with Crippen molar-refractivity contribution in [1.82, 2.24) is 9.78 Å². The summed E-state index contributed by atoms with van der Waals surface area (Å²) in [5.41, 5.74) is 8.51. The lowest BCUT2D eigenvalue weighted by Gasteiger charge is -2.02. The third kappa shape index (κ3) is 2.69. The van der Waals surface area contributed by atoms with E-state index in [0.29, 0.717) is 16.4 Å². The minimum Gasteiger partial charge on any atom is -0.382 e. The van der Waals surface area contributed by atoms with Gasteiger partial charge in [0.2, 0.25) is 0 Å². The van der Waals surface area contributed by atoms with Gasteiger partial charge < -0.3 is 5.73 Å². The molecule has 1 heterocycles. The number of hydrogen-bond donors (Lipinski definition) is 1. The molecule has 108 valence electrons. The van der Waals surface area contributed by atoms with Crippen LogP contribution in [0.3, 0.4) is 0 Å². The Morgan fingerprint density at radius 1 is 1.14 bits per heavy atom. The van der Waals surface area contributed by atoms with E-state index in [4.69, 9.17) is 5.73 Å². The number of nitrogen functional groups attached to an aromatic ring is 1. The van der Waals surface area contributed by atoms with Crippen molar-refractivity contribution in [2.24, 2.45) is 0 Å². The molecule has 0 fully saturated rings. The highest BCUT2D eigenvalue weighted by atomic mass is 32.2. The van der Waals surface area contributed by atoms with Crippen molar-refractivity contribution < 1.29 is 0 Å². The second-order valence-corrected chi connectivity index (χ2v) is 5.91. The topological polar surface area (TPSA) is 67.6 Å². The summed E-state index contributed by atoms with van der Waals surface area (Å²) in [7, 11) is 0. The Morgan fingerprint density at radius 3 is 2.59 bits per heavy atom. The van der Waals surface area contributed by atoms with Gasteiger partial charge in [0, 0.05) is 4.90 Å². The molecule has 22 heavy (non-hydrogen) atoms. The van der Waals surface area contributed by atoms with Crippen molar-refractivity contribution >= 4 is 17.6 Å². The van der Waals surface area contributed by atoms with Crippen molar-refractivity contribution in [3.63, 3.8) is 0 Å². The average Bonchev–Trinajstić information content (AvgIpc) is 2.84. The number of nitrogens with two attached hydrogens (primary N) is 1. The van der Waals surface area contributed by atoms with Crippen LogP contribution in [0.1, 0.15) is 11.1 Å². The van der Waals surface area contributed by atoms with E-state index in [2.05, 4.69) is 17.2 Å². The van der Waals surface area contributed by atoms with Gasteiger partial charge in [-0.25, -0.2) is 4.68 Å². The second kappa shape index (κ2) is 5.96. The highest BCUT2D eigenvalue weighted by Gasteiger charge is 2.17. The quantitative estimate of drug-likeness (QED) is 0.799. The lowest BCUT2D eigenvalue weighted by atomic mass is 10.2. The summed E-state index contributed by atoms with van der Waals surface area (Å²) in [5.74, 6) is 0.365. The van der Waals surface area contributed by atoms with Crippen molar-refractivity contribution in [2.75, 3.05) is 5.73 Å². The smallest absolute Gasteiger partial charge is 0.146 e. The maximum atomic E-state index is 9.40. The highest BCUT2D eigenvalue weighted by Crippen LogP contribution is 2.33. The van der Waals surface area contributed by atoms with E-state index in [1.54, 1.807) is 4.68 Å². The van der Waals surface area contributed by atoms with Gasteiger partial charge in [-0.15, -0.1) is 0 Å². The van der Waals surface area contributed by atoms with Gasteiger partial charge >= 0.3 is 0 Å². The molecular formula is C17H14N4S. The van der Waals surface area contributed by atoms with E-state index >= 15 is 0 Å². The van der Waals surface area contributed by atoms with Gasteiger partial charge in [0.05, 0.1) is 5.69 Å². The molecule has 0 spiro atoms. The van der Waals surface area contributed by atoms with E-state index < -0.39 is 0 Å². The van der Waals surface area contributed by atoms with E-state index in [1.807, 2.05) is 55.5 Å². The first-order chi connectivity index (χ1) is 10.7. The third-order valence-electron chi connectivity index (χ3n) is 3.21. The van der Waals surface area contributed by atoms with Crippen molar-refractivity contribution in [1.29, 1.82) is 5.26 Å². The molecule has 0 amide bonds. The molecule has 0 radical (unpaired) electrons. The molecule has 0 atom stereocenters. The maximum Gasteiger partial charge on any atom is 0.146 e. The molecule has 0 saturated heterocycles. The third-order valence-corrected chi connectivity index (χ3v) is 4.17. The lowest BCUT2D eigenvalue weighted by Crippen LogP contribution is -2.01. The Balaban J connectivity index is 2.04. The van der Waals surface area contributed by atoms with E-state index in [-0.39, 0.29) is 0 Å². The van der Waals surface area contributed by atoms with Crippen molar-refractivity contribution in [3.05, 3.63) is 65.7 Å². The molecule has 0 aliphatic heterocycles. The summed E-state index contributed by atoms with van der Waals surface area (Å²) in [6, 6.07) is 19.8. The van der Waals surface area contributed by atoms with Gasteiger partial charge in [0.15, 0.2) is 0 Å². The highest BCUT2D eigenvalue weighted by molar-refractivity contribution is 7.99. The normalized spacial score (nSPS) is 10.4. The molecule has 4 nitrogen and oxygen atoms in total. The Morgan fingerprint density at radius 2 is 1.91 bits per heavy atom. The first kappa shape index (κ1) is 14.2. The van der Waals surface area contributed by atoms with Crippen LogP contribution in [0, 0.1) is 18.3 Å². The minimum absolute atomic E-state index is 0.365. The maximum absolute atomic E-state index is 9.40. The summed E-state index contributed by atoms with van der Waals surface area (Å²) < 4.78 is 1.61. The van der Waals surface area contributed by atoms with Gasteiger partial charge in [0.25, 0.3) is 0 Å². The predicted octanol–water partition coefficient (Wildman–Crippen LogP) is 3.79. The molecule has 3 aromatic rings. The average molecular weight is 306 g/mol. The van der Waals surface area contributed by atoms with E-state index in [1.165, 1.54) is 17.3 Å². The number of benzene rings is 2. The van der Waals surface area contributed by atoms with Crippen molar-refractivity contribution in [2.45, 2.75) is 16.8 Å². The molecule has 0 bridgehead atoms. The fourth-order valence-corrected chi connectivity index (χ4v) is 3.13. The number of aromatic nitrogens is 2.